The van der Waals surface area contributed by atoms with Crippen LogP contribution >= 0.6 is 11.6 Å². The fourth-order valence-electron chi connectivity index (χ4n) is 2.00. The number of rotatable bonds is 1. The van der Waals surface area contributed by atoms with Crippen LogP contribution < -0.4 is 5.73 Å². The van der Waals surface area contributed by atoms with E-state index in [0.717, 1.165) is 12.1 Å². The molecule has 0 radical (unpaired) electrons. The lowest BCUT2D eigenvalue weighted by Crippen LogP contribution is -2.46. The van der Waals surface area contributed by atoms with Gasteiger partial charge in [0.2, 0.25) is 5.91 Å². The number of benzene rings is 1. The molecular formula is C11H13ClN2O. The monoisotopic (exact) mass is 224 g/mol. The van der Waals surface area contributed by atoms with Crippen molar-refractivity contribution in [3.05, 3.63) is 34.3 Å². The van der Waals surface area contributed by atoms with Crippen molar-refractivity contribution < 1.29 is 4.79 Å². The van der Waals surface area contributed by atoms with E-state index in [1.54, 1.807) is 0 Å². The molecule has 3 nitrogen and oxygen atoms in total. The minimum atomic E-state index is -0.275. The average molecular weight is 225 g/mol. The van der Waals surface area contributed by atoms with Crippen molar-refractivity contribution in [2.45, 2.75) is 19.0 Å². The lowest BCUT2D eigenvalue weighted by atomic mass is 9.94. The summed E-state index contributed by atoms with van der Waals surface area (Å²) in [6, 6.07) is 5.58. The molecule has 2 rings (SSSR count). The number of halogens is 1. The van der Waals surface area contributed by atoms with E-state index in [-0.39, 0.29) is 11.9 Å². The zero-order valence-corrected chi connectivity index (χ0v) is 9.29. The number of nitrogens with zero attached hydrogens (tertiary/aromatic N) is 1. The van der Waals surface area contributed by atoms with Crippen LogP contribution in [-0.4, -0.2) is 23.9 Å². The lowest BCUT2D eigenvalue weighted by molar-refractivity contribution is -0.123. The summed E-state index contributed by atoms with van der Waals surface area (Å²) in [5.41, 5.74) is 7.69. The quantitative estimate of drug-likeness (QED) is 0.779. The molecule has 1 aromatic carbocycles. The number of nitrogens with two attached hydrogens (primary N) is 1. The molecule has 0 saturated carbocycles. The van der Waals surface area contributed by atoms with Gasteiger partial charge in [0.05, 0.1) is 6.04 Å². The van der Waals surface area contributed by atoms with Crippen LogP contribution in [0.2, 0.25) is 5.02 Å². The molecule has 1 amide bonds. The fraction of sp³-hybridized carbons (Fsp3) is 0.364. The van der Waals surface area contributed by atoms with Gasteiger partial charge in [-0.2, -0.15) is 0 Å². The van der Waals surface area contributed by atoms with Crippen LogP contribution in [0.4, 0.5) is 0 Å². The fourth-order valence-corrected chi connectivity index (χ4v) is 2.19. The molecule has 1 aliphatic rings. The van der Waals surface area contributed by atoms with Crippen molar-refractivity contribution in [2.24, 2.45) is 5.73 Å². The maximum atomic E-state index is 11.2. The van der Waals surface area contributed by atoms with Gasteiger partial charge in [0, 0.05) is 11.6 Å². The Hall–Kier alpha value is -1.06. The molecule has 0 aliphatic carbocycles. The normalized spacial score (nSPS) is 21.1. The minimum absolute atomic E-state index is 0.212. The van der Waals surface area contributed by atoms with Crippen molar-refractivity contribution in [3.63, 3.8) is 0 Å². The summed E-state index contributed by atoms with van der Waals surface area (Å²) in [5, 5.41) is 0.710. The summed E-state index contributed by atoms with van der Waals surface area (Å²) in [4.78, 5) is 13.2. The number of amides is 1. The van der Waals surface area contributed by atoms with Crippen molar-refractivity contribution in [2.75, 3.05) is 7.05 Å². The van der Waals surface area contributed by atoms with Gasteiger partial charge in [-0.1, -0.05) is 17.7 Å². The highest BCUT2D eigenvalue weighted by molar-refractivity contribution is 6.30. The number of carbonyl (C=O) groups excluding carboxylic acids is 1. The summed E-state index contributed by atoms with van der Waals surface area (Å²) in [6.45, 7) is 0.750. The summed E-state index contributed by atoms with van der Waals surface area (Å²) >= 11 is 5.91. The minimum Gasteiger partial charge on any atom is -0.368 e. The van der Waals surface area contributed by atoms with Crippen LogP contribution in [0.3, 0.4) is 0 Å². The van der Waals surface area contributed by atoms with Crippen LogP contribution in [-0.2, 0) is 17.8 Å². The first kappa shape index (κ1) is 10.5. The predicted molar refractivity (Wildman–Crippen MR) is 59.6 cm³/mol. The zero-order chi connectivity index (χ0) is 11.0. The van der Waals surface area contributed by atoms with E-state index in [0.29, 0.717) is 11.4 Å². The first-order valence-electron chi connectivity index (χ1n) is 4.85. The zero-order valence-electron chi connectivity index (χ0n) is 8.53. The molecule has 1 aliphatic heterocycles. The van der Waals surface area contributed by atoms with E-state index in [9.17, 15) is 4.79 Å². The van der Waals surface area contributed by atoms with Gasteiger partial charge in [-0.25, -0.2) is 0 Å². The van der Waals surface area contributed by atoms with Crippen LogP contribution in [0.1, 0.15) is 11.1 Å². The van der Waals surface area contributed by atoms with Crippen molar-refractivity contribution in [1.82, 2.24) is 4.90 Å². The number of hydrogen-bond acceptors (Lipinski definition) is 2. The van der Waals surface area contributed by atoms with Crippen LogP contribution in [0.25, 0.3) is 0 Å². The van der Waals surface area contributed by atoms with Gasteiger partial charge >= 0.3 is 0 Å². The Bertz CT molecular complexity index is 406. The number of carbonyl (C=O) groups is 1. The van der Waals surface area contributed by atoms with Crippen LogP contribution in [0.5, 0.6) is 0 Å². The van der Waals surface area contributed by atoms with E-state index in [1.807, 2.05) is 30.1 Å². The molecule has 0 aromatic heterocycles. The second kappa shape index (κ2) is 3.83. The van der Waals surface area contributed by atoms with Gasteiger partial charge in [-0.3, -0.25) is 9.69 Å². The number of fused-ring (bicyclic) bond motifs is 1. The third-order valence-corrected chi connectivity index (χ3v) is 3.10. The lowest BCUT2D eigenvalue weighted by Gasteiger charge is -2.31. The van der Waals surface area contributed by atoms with E-state index in [4.69, 9.17) is 17.3 Å². The van der Waals surface area contributed by atoms with Gasteiger partial charge in [0.1, 0.15) is 0 Å². The molecule has 4 heteroatoms. The smallest absolute Gasteiger partial charge is 0.235 e. The number of hydrogen-bond donors (Lipinski definition) is 1. The van der Waals surface area contributed by atoms with E-state index in [1.165, 1.54) is 5.56 Å². The molecule has 1 atom stereocenters. The first-order valence-corrected chi connectivity index (χ1v) is 5.22. The van der Waals surface area contributed by atoms with E-state index in [2.05, 4.69) is 0 Å². The molecule has 0 spiro atoms. The number of primary amides is 1. The third kappa shape index (κ3) is 1.98. The SMILES string of the molecule is CN1Cc2ccc(Cl)cc2C[C@H]1C(N)=O. The number of likely N-dealkylation sites (N-methyl/N-ethyl adjacent to an activating group) is 1. The largest absolute Gasteiger partial charge is 0.368 e. The molecule has 2 N–H and O–H groups in total. The molecule has 0 unspecified atom stereocenters. The highest BCUT2D eigenvalue weighted by Gasteiger charge is 2.27. The second-order valence-electron chi connectivity index (χ2n) is 3.95. The summed E-state index contributed by atoms with van der Waals surface area (Å²) < 4.78 is 0. The van der Waals surface area contributed by atoms with Crippen LogP contribution in [0, 0.1) is 0 Å². The van der Waals surface area contributed by atoms with Gasteiger partial charge in [-0.05, 0) is 36.7 Å². The Labute approximate surface area is 93.8 Å². The van der Waals surface area contributed by atoms with Crippen LogP contribution in [0.15, 0.2) is 18.2 Å². The first-order chi connectivity index (χ1) is 7.08. The van der Waals surface area contributed by atoms with Gasteiger partial charge in [-0.15, -0.1) is 0 Å². The third-order valence-electron chi connectivity index (χ3n) is 2.86. The Kier molecular flexibility index (Phi) is 2.67. The molecular weight excluding hydrogens is 212 g/mol. The highest BCUT2D eigenvalue weighted by Crippen LogP contribution is 2.24. The van der Waals surface area contributed by atoms with Crippen molar-refractivity contribution >= 4 is 17.5 Å². The Balaban J connectivity index is 2.34. The molecule has 1 heterocycles. The maximum Gasteiger partial charge on any atom is 0.235 e. The van der Waals surface area contributed by atoms with Gasteiger partial charge in [0.25, 0.3) is 0 Å². The standard InChI is InChI=1S/C11H13ClN2O/c1-14-6-7-2-3-9(12)4-8(7)5-10(14)11(13)15/h2-4,10H,5-6H2,1H3,(H2,13,15)/t10-/m0/s1. The van der Waals surface area contributed by atoms with E-state index < -0.39 is 0 Å². The Morgan fingerprint density at radius 1 is 1.53 bits per heavy atom. The molecule has 0 saturated heterocycles. The second-order valence-corrected chi connectivity index (χ2v) is 4.39. The van der Waals surface area contributed by atoms with E-state index >= 15 is 0 Å². The summed E-state index contributed by atoms with van der Waals surface area (Å²) in [7, 11) is 1.91. The highest BCUT2D eigenvalue weighted by atomic mass is 35.5. The summed E-state index contributed by atoms with van der Waals surface area (Å²) in [5.74, 6) is -0.275. The summed E-state index contributed by atoms with van der Waals surface area (Å²) in [6.07, 6.45) is 0.654. The molecule has 0 fully saturated rings. The molecule has 1 aromatic rings. The molecule has 15 heavy (non-hydrogen) atoms. The van der Waals surface area contributed by atoms with Gasteiger partial charge < -0.3 is 5.73 Å². The maximum absolute atomic E-state index is 11.2. The molecule has 0 bridgehead atoms. The Morgan fingerprint density at radius 3 is 2.93 bits per heavy atom. The predicted octanol–water partition coefficient (Wildman–Crippen LogP) is 1.18. The van der Waals surface area contributed by atoms with Crippen molar-refractivity contribution in [3.8, 4) is 0 Å². The topological polar surface area (TPSA) is 46.3 Å². The average Bonchev–Trinajstić information content (AvgIpc) is 2.17. The Morgan fingerprint density at radius 2 is 2.27 bits per heavy atom. The molecule has 80 valence electrons. The van der Waals surface area contributed by atoms with Crippen molar-refractivity contribution in [1.29, 1.82) is 0 Å². The van der Waals surface area contributed by atoms with Gasteiger partial charge in [0.15, 0.2) is 0 Å².